The van der Waals surface area contributed by atoms with Crippen molar-refractivity contribution in [1.82, 2.24) is 20.0 Å². The second kappa shape index (κ2) is 6.70. The number of carbonyl (C=O) groups is 1. The lowest BCUT2D eigenvalue weighted by Gasteiger charge is -2.09. The normalized spacial score (nSPS) is 10.6. The van der Waals surface area contributed by atoms with E-state index in [9.17, 15) is 14.9 Å². The summed E-state index contributed by atoms with van der Waals surface area (Å²) in [5, 5.41) is 16.8. The Morgan fingerprint density at radius 2 is 2.33 bits per heavy atom. The standard InChI is InChI=1S/C10H17N5O3/c1-13(2)6-3-5-11-10(16)8-14-7-4-9(12-14)15(17)18/h4,7H,3,5-6,8H2,1-2H3,(H,11,16). The van der Waals surface area contributed by atoms with Crippen molar-refractivity contribution in [2.75, 3.05) is 27.2 Å². The van der Waals surface area contributed by atoms with Gasteiger partial charge in [0.15, 0.2) is 0 Å². The Labute approximate surface area is 105 Å². The molecule has 0 spiro atoms. The van der Waals surface area contributed by atoms with Crippen LogP contribution in [0.3, 0.4) is 0 Å². The topological polar surface area (TPSA) is 93.3 Å². The molecule has 0 saturated heterocycles. The van der Waals surface area contributed by atoms with Gasteiger partial charge < -0.3 is 20.3 Å². The van der Waals surface area contributed by atoms with Crippen molar-refractivity contribution < 1.29 is 9.72 Å². The molecule has 0 aliphatic carbocycles. The van der Waals surface area contributed by atoms with E-state index < -0.39 is 4.92 Å². The molecule has 0 saturated carbocycles. The first-order chi connectivity index (χ1) is 8.49. The molecular formula is C10H17N5O3. The van der Waals surface area contributed by atoms with Crippen LogP contribution in [-0.2, 0) is 11.3 Å². The van der Waals surface area contributed by atoms with E-state index in [4.69, 9.17) is 0 Å². The van der Waals surface area contributed by atoms with Gasteiger partial charge in [0, 0.05) is 6.54 Å². The van der Waals surface area contributed by atoms with E-state index in [1.54, 1.807) is 0 Å². The lowest BCUT2D eigenvalue weighted by atomic mass is 10.4. The third-order valence-electron chi connectivity index (χ3n) is 2.22. The van der Waals surface area contributed by atoms with Crippen LogP contribution in [0.25, 0.3) is 0 Å². The molecule has 100 valence electrons. The average molecular weight is 255 g/mol. The summed E-state index contributed by atoms with van der Waals surface area (Å²) in [6, 6.07) is 1.26. The minimum atomic E-state index is -0.592. The highest BCUT2D eigenvalue weighted by molar-refractivity contribution is 5.75. The van der Waals surface area contributed by atoms with E-state index in [0.29, 0.717) is 6.54 Å². The SMILES string of the molecule is CN(C)CCCNC(=O)Cn1ccc([N+](=O)[O-])n1. The fourth-order valence-electron chi connectivity index (χ4n) is 1.36. The molecule has 0 radical (unpaired) electrons. The molecule has 0 aromatic carbocycles. The summed E-state index contributed by atoms with van der Waals surface area (Å²) < 4.78 is 1.25. The summed E-state index contributed by atoms with van der Waals surface area (Å²) in [4.78, 5) is 23.3. The Morgan fingerprint density at radius 3 is 2.89 bits per heavy atom. The fourth-order valence-corrected chi connectivity index (χ4v) is 1.36. The fraction of sp³-hybridized carbons (Fsp3) is 0.600. The number of hydrogen-bond acceptors (Lipinski definition) is 5. The van der Waals surface area contributed by atoms with Gasteiger partial charge in [-0.1, -0.05) is 0 Å². The molecule has 1 aromatic rings. The van der Waals surface area contributed by atoms with E-state index in [1.807, 2.05) is 19.0 Å². The highest BCUT2D eigenvalue weighted by Crippen LogP contribution is 2.04. The first-order valence-electron chi connectivity index (χ1n) is 5.58. The predicted octanol–water partition coefficient (Wildman–Crippen LogP) is -0.141. The molecule has 8 heteroatoms. The molecule has 1 aromatic heterocycles. The Hall–Kier alpha value is -1.96. The zero-order valence-electron chi connectivity index (χ0n) is 10.5. The number of carbonyl (C=O) groups excluding carboxylic acids is 1. The zero-order valence-corrected chi connectivity index (χ0v) is 10.5. The number of nitro groups is 1. The van der Waals surface area contributed by atoms with Gasteiger partial charge in [-0.05, 0) is 32.0 Å². The number of hydrogen-bond donors (Lipinski definition) is 1. The second-order valence-corrected chi connectivity index (χ2v) is 4.14. The van der Waals surface area contributed by atoms with Crippen molar-refractivity contribution in [3.63, 3.8) is 0 Å². The van der Waals surface area contributed by atoms with Gasteiger partial charge in [0.2, 0.25) is 5.91 Å². The molecule has 1 rings (SSSR count). The van der Waals surface area contributed by atoms with Gasteiger partial charge in [0.25, 0.3) is 0 Å². The second-order valence-electron chi connectivity index (χ2n) is 4.14. The maximum absolute atomic E-state index is 11.5. The van der Waals surface area contributed by atoms with Crippen molar-refractivity contribution in [3.8, 4) is 0 Å². The lowest BCUT2D eigenvalue weighted by molar-refractivity contribution is -0.389. The van der Waals surface area contributed by atoms with E-state index >= 15 is 0 Å². The minimum absolute atomic E-state index is 0.00416. The van der Waals surface area contributed by atoms with Gasteiger partial charge in [-0.3, -0.25) is 4.79 Å². The maximum Gasteiger partial charge on any atom is 0.389 e. The first kappa shape index (κ1) is 14.1. The summed E-state index contributed by atoms with van der Waals surface area (Å²) in [7, 11) is 3.93. The van der Waals surface area contributed by atoms with Gasteiger partial charge in [0.1, 0.15) is 6.54 Å². The minimum Gasteiger partial charge on any atom is -0.358 e. The Bertz CT molecular complexity index is 415. The van der Waals surface area contributed by atoms with Crippen LogP contribution in [0.1, 0.15) is 6.42 Å². The number of nitrogens with zero attached hydrogens (tertiary/aromatic N) is 4. The largest absolute Gasteiger partial charge is 0.389 e. The van der Waals surface area contributed by atoms with Gasteiger partial charge in [-0.2, -0.15) is 4.68 Å². The smallest absolute Gasteiger partial charge is 0.358 e. The molecule has 0 fully saturated rings. The molecule has 0 aliphatic heterocycles. The summed E-state index contributed by atoms with van der Waals surface area (Å²) in [5.41, 5.74) is 0. The molecule has 1 heterocycles. The quantitative estimate of drug-likeness (QED) is 0.416. The van der Waals surface area contributed by atoms with Crippen LogP contribution in [0, 0.1) is 10.1 Å². The van der Waals surface area contributed by atoms with E-state index in [2.05, 4.69) is 10.4 Å². The highest BCUT2D eigenvalue weighted by atomic mass is 16.6. The van der Waals surface area contributed by atoms with Crippen LogP contribution >= 0.6 is 0 Å². The van der Waals surface area contributed by atoms with Crippen molar-refractivity contribution in [2.45, 2.75) is 13.0 Å². The summed E-state index contributed by atoms with van der Waals surface area (Å²) >= 11 is 0. The maximum atomic E-state index is 11.5. The number of rotatable bonds is 7. The van der Waals surface area contributed by atoms with E-state index in [0.717, 1.165) is 13.0 Å². The first-order valence-corrected chi connectivity index (χ1v) is 5.58. The molecular weight excluding hydrogens is 238 g/mol. The van der Waals surface area contributed by atoms with Crippen LogP contribution in [0.2, 0.25) is 0 Å². The third kappa shape index (κ3) is 4.91. The Morgan fingerprint density at radius 1 is 1.61 bits per heavy atom. The van der Waals surface area contributed by atoms with Crippen LogP contribution in [0.15, 0.2) is 12.3 Å². The van der Waals surface area contributed by atoms with Crippen molar-refractivity contribution in [3.05, 3.63) is 22.4 Å². The predicted molar refractivity (Wildman–Crippen MR) is 65.1 cm³/mol. The van der Waals surface area contributed by atoms with Crippen LogP contribution in [0.4, 0.5) is 5.82 Å². The summed E-state index contributed by atoms with van der Waals surface area (Å²) in [6.07, 6.45) is 2.27. The van der Waals surface area contributed by atoms with Crippen LogP contribution in [0.5, 0.6) is 0 Å². The average Bonchev–Trinajstić information content (AvgIpc) is 2.72. The zero-order chi connectivity index (χ0) is 13.5. The van der Waals surface area contributed by atoms with Crippen molar-refractivity contribution in [2.24, 2.45) is 0 Å². The number of amides is 1. The summed E-state index contributed by atoms with van der Waals surface area (Å²) in [6.45, 7) is 1.48. The van der Waals surface area contributed by atoms with Crippen molar-refractivity contribution >= 4 is 11.7 Å². The monoisotopic (exact) mass is 255 g/mol. The molecule has 1 amide bonds. The van der Waals surface area contributed by atoms with Gasteiger partial charge in [0.05, 0.1) is 17.4 Å². The molecule has 0 aliphatic rings. The number of aromatic nitrogens is 2. The Balaban J connectivity index is 2.29. The third-order valence-corrected chi connectivity index (χ3v) is 2.22. The Kier molecular flexibility index (Phi) is 5.25. The van der Waals surface area contributed by atoms with Gasteiger partial charge >= 0.3 is 5.82 Å². The summed E-state index contributed by atoms with van der Waals surface area (Å²) in [5.74, 6) is -0.456. The van der Waals surface area contributed by atoms with E-state index in [1.165, 1.54) is 16.9 Å². The van der Waals surface area contributed by atoms with Crippen LogP contribution in [-0.4, -0.2) is 52.7 Å². The molecule has 18 heavy (non-hydrogen) atoms. The molecule has 0 atom stereocenters. The molecule has 0 bridgehead atoms. The van der Waals surface area contributed by atoms with Gasteiger partial charge in [-0.25, -0.2) is 0 Å². The highest BCUT2D eigenvalue weighted by Gasteiger charge is 2.12. The number of nitrogens with one attached hydrogen (secondary N) is 1. The lowest BCUT2D eigenvalue weighted by Crippen LogP contribution is -2.30. The molecule has 1 N–H and O–H groups in total. The van der Waals surface area contributed by atoms with Crippen molar-refractivity contribution in [1.29, 1.82) is 0 Å². The molecule has 0 unspecified atom stereocenters. The van der Waals surface area contributed by atoms with E-state index in [-0.39, 0.29) is 18.3 Å². The van der Waals surface area contributed by atoms with Gasteiger partial charge in [-0.15, -0.1) is 0 Å². The molecule has 8 nitrogen and oxygen atoms in total. The van der Waals surface area contributed by atoms with Crippen LogP contribution < -0.4 is 5.32 Å².